The van der Waals surface area contributed by atoms with Crippen LogP contribution in [-0.4, -0.2) is 29.7 Å². The van der Waals surface area contributed by atoms with Crippen LogP contribution in [-0.2, 0) is 0 Å². The summed E-state index contributed by atoms with van der Waals surface area (Å²) in [5.41, 5.74) is 11.3. The lowest BCUT2D eigenvalue weighted by atomic mass is 9.79. The Bertz CT molecular complexity index is 1420. The number of nitrogens with two attached hydrogens (primary N) is 2. The van der Waals surface area contributed by atoms with E-state index in [0.29, 0.717) is 11.6 Å². The molecule has 0 aliphatic heterocycles. The Morgan fingerprint density at radius 3 is 2.67 bits per heavy atom. The van der Waals surface area contributed by atoms with Crippen molar-refractivity contribution >= 4 is 51.7 Å². The van der Waals surface area contributed by atoms with Crippen LogP contribution in [0.1, 0.15) is 31.1 Å². The van der Waals surface area contributed by atoms with Crippen molar-refractivity contribution in [1.29, 1.82) is 0 Å². The van der Waals surface area contributed by atoms with Gasteiger partial charge < -0.3 is 16.8 Å². The number of H-pyrrole nitrogens is 1. The minimum atomic E-state index is -0.639. The fourth-order valence-corrected chi connectivity index (χ4v) is 4.32. The number of benzene rings is 1. The Kier molecular flexibility index (Phi) is 5.29. The molecular weight excluding hydrogens is 472 g/mol. The predicted molar refractivity (Wildman–Crippen MR) is 124 cm³/mol. The highest BCUT2D eigenvalue weighted by molar-refractivity contribution is 6.35. The van der Waals surface area contributed by atoms with Crippen LogP contribution in [0.5, 0.6) is 0 Å². The Hall–Kier alpha value is -3.44. The van der Waals surface area contributed by atoms with E-state index in [1.165, 1.54) is 4.57 Å². The summed E-state index contributed by atoms with van der Waals surface area (Å²) >= 11 is 12.6. The van der Waals surface area contributed by atoms with E-state index in [1.807, 2.05) is 0 Å². The van der Waals surface area contributed by atoms with Crippen molar-refractivity contribution < 1.29 is 4.39 Å². The van der Waals surface area contributed by atoms with E-state index in [-0.39, 0.29) is 44.5 Å². The maximum Gasteiger partial charge on any atom is 0.267 e. The number of rotatable bonds is 5. The quantitative estimate of drug-likeness (QED) is 0.332. The Morgan fingerprint density at radius 2 is 2.00 bits per heavy atom. The van der Waals surface area contributed by atoms with E-state index < -0.39 is 17.4 Å². The van der Waals surface area contributed by atoms with Crippen LogP contribution in [0, 0.1) is 11.7 Å². The number of aromatic amines is 1. The van der Waals surface area contributed by atoms with E-state index >= 15 is 0 Å². The second-order valence-electron chi connectivity index (χ2n) is 7.77. The highest BCUT2D eigenvalue weighted by Crippen LogP contribution is 2.41. The Labute approximate surface area is 196 Å². The van der Waals surface area contributed by atoms with Crippen molar-refractivity contribution in [1.82, 2.24) is 29.7 Å². The average molecular weight is 490 g/mol. The molecule has 1 aliphatic carbocycles. The van der Waals surface area contributed by atoms with Gasteiger partial charge in [-0.1, -0.05) is 29.6 Å². The van der Waals surface area contributed by atoms with E-state index in [1.54, 1.807) is 12.3 Å². The molecule has 0 bridgehead atoms. The minimum absolute atomic E-state index is 0.0220. The third-order valence-corrected chi connectivity index (χ3v) is 6.38. The molecule has 1 atom stereocenters. The van der Waals surface area contributed by atoms with E-state index in [0.717, 1.165) is 31.4 Å². The summed E-state index contributed by atoms with van der Waals surface area (Å²) in [6.07, 6.45) is 4.33. The zero-order valence-corrected chi connectivity index (χ0v) is 18.5. The monoisotopic (exact) mass is 489 g/mol. The van der Waals surface area contributed by atoms with Crippen LogP contribution >= 0.6 is 23.2 Å². The van der Waals surface area contributed by atoms with Crippen LogP contribution in [0.4, 0.5) is 22.0 Å². The molecule has 1 aliphatic rings. The predicted octanol–water partition coefficient (Wildman–Crippen LogP) is 3.46. The maximum absolute atomic E-state index is 14.1. The lowest BCUT2D eigenvalue weighted by molar-refractivity contribution is 0.268. The van der Waals surface area contributed by atoms with Gasteiger partial charge in [-0.25, -0.2) is 13.9 Å². The smallest absolute Gasteiger partial charge is 0.267 e. The highest BCUT2D eigenvalue weighted by atomic mass is 35.5. The first kappa shape index (κ1) is 21.4. The summed E-state index contributed by atoms with van der Waals surface area (Å²) in [4.78, 5) is 26.3. The normalized spacial score (nSPS) is 14.9. The van der Waals surface area contributed by atoms with Crippen LogP contribution in [0.25, 0.3) is 16.7 Å². The maximum atomic E-state index is 14.1. The first-order chi connectivity index (χ1) is 15.8. The molecule has 0 amide bonds. The van der Waals surface area contributed by atoms with Crippen molar-refractivity contribution in [3.63, 3.8) is 0 Å². The molecule has 10 nitrogen and oxygen atoms in total. The molecule has 170 valence electrons. The standard InChI is InChI=1S/C20H18Cl2FN9O/c21-11-7-9(23)6-10-15(11)28-18(32(19(10)33)12-4-5-26-31-12)14(8-2-1-3-8)27-17-13(22)16(24)29-20(25)30-17/h4-8,14H,1-3H2,(H,26,31)(H5,24,25,27,29,30). The van der Waals surface area contributed by atoms with Gasteiger partial charge in [0.15, 0.2) is 11.6 Å². The number of aromatic nitrogens is 6. The van der Waals surface area contributed by atoms with Crippen molar-refractivity contribution in [3.05, 3.63) is 56.4 Å². The number of nitrogens with zero attached hydrogens (tertiary/aromatic N) is 5. The molecule has 5 rings (SSSR count). The van der Waals surface area contributed by atoms with E-state index in [4.69, 9.17) is 39.7 Å². The van der Waals surface area contributed by atoms with Gasteiger partial charge in [0, 0.05) is 12.3 Å². The first-order valence-corrected chi connectivity index (χ1v) is 10.9. The molecule has 3 heterocycles. The van der Waals surface area contributed by atoms with E-state index in [2.05, 4.69) is 25.5 Å². The van der Waals surface area contributed by atoms with Crippen molar-refractivity contribution in [2.45, 2.75) is 25.3 Å². The molecule has 1 unspecified atom stereocenters. The second-order valence-corrected chi connectivity index (χ2v) is 8.55. The van der Waals surface area contributed by atoms with Crippen LogP contribution < -0.4 is 22.3 Å². The van der Waals surface area contributed by atoms with Crippen LogP contribution in [0.3, 0.4) is 0 Å². The zero-order valence-electron chi connectivity index (χ0n) is 17.0. The fraction of sp³-hybridized carbons (Fsp3) is 0.250. The highest BCUT2D eigenvalue weighted by Gasteiger charge is 2.34. The topological polar surface area (TPSA) is 153 Å². The Balaban J connectivity index is 1.77. The number of fused-ring (bicyclic) bond motifs is 1. The first-order valence-electron chi connectivity index (χ1n) is 10.1. The van der Waals surface area contributed by atoms with Gasteiger partial charge in [-0.05, 0) is 30.9 Å². The number of nitrogens with one attached hydrogen (secondary N) is 2. The number of nitrogen functional groups attached to an aromatic ring is 2. The van der Waals surface area contributed by atoms with Gasteiger partial charge in [-0.15, -0.1) is 0 Å². The largest absolute Gasteiger partial charge is 0.382 e. The number of anilines is 3. The number of halogens is 3. The summed E-state index contributed by atoms with van der Waals surface area (Å²) in [5.74, 6) is 0.252. The molecule has 1 aromatic carbocycles. The van der Waals surface area contributed by atoms with Gasteiger partial charge in [-0.3, -0.25) is 9.89 Å². The summed E-state index contributed by atoms with van der Waals surface area (Å²) in [7, 11) is 0. The van der Waals surface area contributed by atoms with Gasteiger partial charge >= 0.3 is 0 Å². The molecule has 6 N–H and O–H groups in total. The summed E-state index contributed by atoms with van der Waals surface area (Å²) in [6, 6.07) is 3.32. The zero-order chi connectivity index (χ0) is 23.3. The second kappa shape index (κ2) is 8.16. The molecule has 0 radical (unpaired) electrons. The lowest BCUT2D eigenvalue weighted by Crippen LogP contribution is -2.34. The SMILES string of the molecule is Nc1nc(N)c(Cl)c(NC(c2nc3c(Cl)cc(F)cc3c(=O)n2-c2cc[nH]n2)C2CCC2)n1. The van der Waals surface area contributed by atoms with Crippen molar-refractivity contribution in [2.24, 2.45) is 5.92 Å². The molecule has 0 saturated heterocycles. The lowest BCUT2D eigenvalue weighted by Gasteiger charge is -2.35. The summed E-state index contributed by atoms with van der Waals surface area (Å²) < 4.78 is 15.4. The summed E-state index contributed by atoms with van der Waals surface area (Å²) in [5, 5.41) is 10.3. The van der Waals surface area contributed by atoms with Gasteiger partial charge in [0.2, 0.25) is 5.95 Å². The molecule has 0 spiro atoms. The van der Waals surface area contributed by atoms with E-state index in [9.17, 15) is 9.18 Å². The third kappa shape index (κ3) is 3.72. The third-order valence-electron chi connectivity index (χ3n) is 5.72. The molecular formula is C20H18Cl2FN9O. The molecule has 33 heavy (non-hydrogen) atoms. The number of hydrogen-bond donors (Lipinski definition) is 4. The molecule has 1 saturated carbocycles. The molecule has 13 heteroatoms. The Morgan fingerprint density at radius 1 is 1.21 bits per heavy atom. The van der Waals surface area contributed by atoms with Crippen LogP contribution in [0.2, 0.25) is 10.0 Å². The summed E-state index contributed by atoms with van der Waals surface area (Å²) in [6.45, 7) is 0. The van der Waals surface area contributed by atoms with Gasteiger partial charge in [0.1, 0.15) is 22.5 Å². The molecule has 3 aromatic heterocycles. The molecule has 4 aromatic rings. The average Bonchev–Trinajstić information content (AvgIpc) is 3.24. The van der Waals surface area contributed by atoms with Crippen molar-refractivity contribution in [3.8, 4) is 5.82 Å². The van der Waals surface area contributed by atoms with Crippen molar-refractivity contribution in [2.75, 3.05) is 16.8 Å². The minimum Gasteiger partial charge on any atom is -0.382 e. The fourth-order valence-electron chi connectivity index (χ4n) is 3.93. The van der Waals surface area contributed by atoms with Gasteiger partial charge in [0.05, 0.1) is 22.0 Å². The number of hydrogen-bond acceptors (Lipinski definition) is 8. The van der Waals surface area contributed by atoms with Gasteiger partial charge in [-0.2, -0.15) is 15.1 Å². The van der Waals surface area contributed by atoms with Gasteiger partial charge in [0.25, 0.3) is 5.56 Å². The molecule has 1 fully saturated rings. The van der Waals surface area contributed by atoms with Crippen LogP contribution in [0.15, 0.2) is 29.2 Å².